The number of rotatable bonds is 6. The van der Waals surface area contributed by atoms with Crippen LogP contribution in [0.15, 0.2) is 29.2 Å². The molecule has 1 unspecified atom stereocenters. The smallest absolute Gasteiger partial charge is 0.337 e. The van der Waals surface area contributed by atoms with Crippen LogP contribution in [0.2, 0.25) is 0 Å². The second-order valence-corrected chi connectivity index (χ2v) is 7.36. The number of aryl methyl sites for hydroxylation is 1. The van der Waals surface area contributed by atoms with Crippen molar-refractivity contribution in [3.05, 3.63) is 29.8 Å². The van der Waals surface area contributed by atoms with E-state index in [0.29, 0.717) is 6.42 Å². The first-order valence-corrected chi connectivity index (χ1v) is 8.68. The van der Waals surface area contributed by atoms with Crippen LogP contribution in [-0.4, -0.2) is 49.6 Å². The van der Waals surface area contributed by atoms with Gasteiger partial charge in [-0.15, -0.1) is 0 Å². The van der Waals surface area contributed by atoms with Crippen LogP contribution in [0, 0.1) is 0 Å². The van der Waals surface area contributed by atoms with Crippen molar-refractivity contribution in [3.8, 4) is 0 Å². The zero-order valence-electron chi connectivity index (χ0n) is 12.8. The Labute approximate surface area is 130 Å². The van der Waals surface area contributed by atoms with Crippen LogP contribution >= 0.6 is 0 Å². The Bertz CT molecular complexity index is 658. The van der Waals surface area contributed by atoms with E-state index in [1.165, 1.54) is 11.4 Å². The molecule has 0 radical (unpaired) electrons. The maximum Gasteiger partial charge on any atom is 0.337 e. The molecule has 1 N–H and O–H groups in total. The van der Waals surface area contributed by atoms with Crippen molar-refractivity contribution in [2.24, 2.45) is 0 Å². The Morgan fingerprint density at radius 3 is 2.64 bits per heavy atom. The summed E-state index contributed by atoms with van der Waals surface area (Å²) in [5.41, 5.74) is -0.692. The molecule has 1 heterocycles. The standard InChI is InChI=1S/C15H21NO5S/c1-3-6-12-7-4-5-8-13(12)22(19,20)16-10-9-15(11-16,21-2)14(17)18/h4-5,7-8H,3,6,9-11H2,1-2H3,(H,17,18). The van der Waals surface area contributed by atoms with E-state index in [1.807, 2.05) is 13.0 Å². The number of sulfonamides is 1. The Hall–Kier alpha value is -1.44. The third-order valence-corrected chi connectivity index (χ3v) is 6.03. The van der Waals surface area contributed by atoms with Gasteiger partial charge in [0, 0.05) is 20.1 Å². The van der Waals surface area contributed by atoms with Gasteiger partial charge in [-0.3, -0.25) is 0 Å². The van der Waals surface area contributed by atoms with Crippen LogP contribution in [0.3, 0.4) is 0 Å². The lowest BCUT2D eigenvalue weighted by atomic mass is 10.0. The lowest BCUT2D eigenvalue weighted by molar-refractivity contribution is -0.160. The van der Waals surface area contributed by atoms with Gasteiger partial charge in [0.2, 0.25) is 10.0 Å². The molecular formula is C15H21NO5S. The monoisotopic (exact) mass is 327 g/mol. The van der Waals surface area contributed by atoms with Crippen LogP contribution in [0.5, 0.6) is 0 Å². The van der Waals surface area contributed by atoms with E-state index in [1.54, 1.807) is 18.2 Å². The van der Waals surface area contributed by atoms with E-state index in [-0.39, 0.29) is 24.4 Å². The summed E-state index contributed by atoms with van der Waals surface area (Å²) in [6.45, 7) is 1.96. The fraction of sp³-hybridized carbons (Fsp3) is 0.533. The first kappa shape index (κ1) is 16.9. The normalized spacial score (nSPS) is 22.8. The molecule has 0 aliphatic carbocycles. The summed E-state index contributed by atoms with van der Waals surface area (Å²) in [7, 11) is -2.42. The summed E-state index contributed by atoms with van der Waals surface area (Å²) in [5.74, 6) is -1.13. The van der Waals surface area contributed by atoms with E-state index in [0.717, 1.165) is 12.0 Å². The average Bonchev–Trinajstić information content (AvgIpc) is 2.95. The van der Waals surface area contributed by atoms with Gasteiger partial charge in [0.25, 0.3) is 0 Å². The van der Waals surface area contributed by atoms with Crippen molar-refractivity contribution in [2.45, 2.75) is 36.7 Å². The topological polar surface area (TPSA) is 83.9 Å². The van der Waals surface area contributed by atoms with Gasteiger partial charge < -0.3 is 9.84 Å². The molecule has 1 aliphatic heterocycles. The molecule has 0 saturated carbocycles. The summed E-state index contributed by atoms with van der Waals surface area (Å²) >= 11 is 0. The number of ether oxygens (including phenoxy) is 1. The van der Waals surface area contributed by atoms with Gasteiger partial charge >= 0.3 is 5.97 Å². The molecule has 122 valence electrons. The number of carbonyl (C=O) groups is 1. The third kappa shape index (κ3) is 2.88. The van der Waals surface area contributed by atoms with Crippen LogP contribution < -0.4 is 0 Å². The Kier molecular flexibility index (Phi) is 4.89. The Morgan fingerprint density at radius 1 is 1.41 bits per heavy atom. The molecule has 0 bridgehead atoms. The van der Waals surface area contributed by atoms with Crippen molar-refractivity contribution >= 4 is 16.0 Å². The van der Waals surface area contributed by atoms with Crippen LogP contribution in [0.4, 0.5) is 0 Å². The molecule has 1 atom stereocenters. The van der Waals surface area contributed by atoms with E-state index in [9.17, 15) is 18.3 Å². The van der Waals surface area contributed by atoms with Crippen LogP contribution in [-0.2, 0) is 26.0 Å². The van der Waals surface area contributed by atoms with Gasteiger partial charge in [-0.25, -0.2) is 13.2 Å². The minimum atomic E-state index is -3.72. The van der Waals surface area contributed by atoms with Gasteiger partial charge in [-0.2, -0.15) is 4.31 Å². The van der Waals surface area contributed by atoms with Gasteiger partial charge in [0.15, 0.2) is 5.60 Å². The predicted molar refractivity (Wildman–Crippen MR) is 81.2 cm³/mol. The molecule has 0 amide bonds. The average molecular weight is 327 g/mol. The van der Waals surface area contributed by atoms with Crippen LogP contribution in [0.25, 0.3) is 0 Å². The van der Waals surface area contributed by atoms with Crippen LogP contribution in [0.1, 0.15) is 25.3 Å². The SMILES string of the molecule is CCCc1ccccc1S(=O)(=O)N1CCC(OC)(C(=O)O)C1. The van der Waals surface area contributed by atoms with Gasteiger partial charge in [0.1, 0.15) is 0 Å². The third-order valence-electron chi connectivity index (χ3n) is 4.09. The number of hydrogen-bond donors (Lipinski definition) is 1. The van der Waals surface area contributed by atoms with Crippen molar-refractivity contribution in [1.82, 2.24) is 4.31 Å². The lowest BCUT2D eigenvalue weighted by Crippen LogP contribution is -2.44. The molecule has 2 rings (SSSR count). The summed E-state index contributed by atoms with van der Waals surface area (Å²) in [6.07, 6.45) is 1.65. The highest BCUT2D eigenvalue weighted by molar-refractivity contribution is 7.89. The number of carboxylic acids is 1. The lowest BCUT2D eigenvalue weighted by Gasteiger charge is -2.23. The first-order chi connectivity index (χ1) is 10.4. The van der Waals surface area contributed by atoms with E-state index in [4.69, 9.17) is 4.74 Å². The predicted octanol–water partition coefficient (Wildman–Crippen LogP) is 1.50. The maximum atomic E-state index is 12.8. The highest BCUT2D eigenvalue weighted by Gasteiger charge is 2.49. The molecule has 7 heteroatoms. The molecule has 0 spiro atoms. The number of aliphatic carboxylic acids is 1. The first-order valence-electron chi connectivity index (χ1n) is 7.24. The number of carboxylic acid groups (broad SMARTS) is 1. The van der Waals surface area contributed by atoms with E-state index < -0.39 is 21.6 Å². The van der Waals surface area contributed by atoms with Crippen molar-refractivity contribution < 1.29 is 23.1 Å². The highest BCUT2D eigenvalue weighted by atomic mass is 32.2. The summed E-state index contributed by atoms with van der Waals surface area (Å²) in [5, 5.41) is 9.31. The quantitative estimate of drug-likeness (QED) is 0.856. The summed E-state index contributed by atoms with van der Waals surface area (Å²) in [6, 6.07) is 6.87. The van der Waals surface area contributed by atoms with Crippen molar-refractivity contribution in [1.29, 1.82) is 0 Å². The molecule has 1 aromatic rings. The fourth-order valence-corrected chi connectivity index (χ4v) is 4.49. The van der Waals surface area contributed by atoms with Crippen molar-refractivity contribution in [2.75, 3.05) is 20.2 Å². The molecule has 1 aromatic carbocycles. The van der Waals surface area contributed by atoms with Gasteiger partial charge in [0.05, 0.1) is 11.4 Å². The molecule has 22 heavy (non-hydrogen) atoms. The molecule has 1 saturated heterocycles. The van der Waals surface area contributed by atoms with Gasteiger partial charge in [-0.05, 0) is 18.1 Å². The molecule has 1 fully saturated rings. The fourth-order valence-electron chi connectivity index (χ4n) is 2.75. The molecule has 0 aromatic heterocycles. The Balaban J connectivity index is 2.35. The Morgan fingerprint density at radius 2 is 2.09 bits per heavy atom. The number of hydrogen-bond acceptors (Lipinski definition) is 4. The molecular weight excluding hydrogens is 306 g/mol. The summed E-state index contributed by atoms with van der Waals surface area (Å²) < 4.78 is 32.0. The van der Waals surface area contributed by atoms with Gasteiger partial charge in [-0.1, -0.05) is 31.5 Å². The molecule has 6 nitrogen and oxygen atoms in total. The van der Waals surface area contributed by atoms with E-state index in [2.05, 4.69) is 0 Å². The second-order valence-electron chi connectivity index (χ2n) is 5.45. The number of nitrogens with zero attached hydrogens (tertiary/aromatic N) is 1. The number of methoxy groups -OCH3 is 1. The minimum absolute atomic E-state index is 0.142. The number of benzene rings is 1. The minimum Gasteiger partial charge on any atom is -0.479 e. The van der Waals surface area contributed by atoms with Crippen molar-refractivity contribution in [3.63, 3.8) is 0 Å². The zero-order valence-corrected chi connectivity index (χ0v) is 13.6. The maximum absolute atomic E-state index is 12.8. The second kappa shape index (κ2) is 6.36. The zero-order chi connectivity index (χ0) is 16.4. The molecule has 1 aliphatic rings. The van der Waals surface area contributed by atoms with E-state index >= 15 is 0 Å². The highest BCUT2D eigenvalue weighted by Crippen LogP contribution is 2.31. The summed E-state index contributed by atoms with van der Waals surface area (Å²) in [4.78, 5) is 11.6. The largest absolute Gasteiger partial charge is 0.479 e.